The Labute approximate surface area is 193 Å². The maximum Gasteiger partial charge on any atom is 0.255 e. The lowest BCUT2D eigenvalue weighted by atomic mass is 10.0. The van der Waals surface area contributed by atoms with Crippen LogP contribution in [0.1, 0.15) is 0 Å². The van der Waals surface area contributed by atoms with Crippen LogP contribution in [0.2, 0.25) is 0 Å². The minimum atomic E-state index is 0.832. The van der Waals surface area contributed by atoms with Crippen LogP contribution in [-0.2, 0) is 0 Å². The van der Waals surface area contributed by atoms with E-state index in [1.807, 2.05) is 36.4 Å². The van der Waals surface area contributed by atoms with Crippen LogP contribution in [0.3, 0.4) is 0 Å². The number of nitrogens with zero attached hydrogens (tertiary/aromatic N) is 2. The van der Waals surface area contributed by atoms with Gasteiger partial charge in [0.25, 0.3) is 6.33 Å². The van der Waals surface area contributed by atoms with Gasteiger partial charge in [0.15, 0.2) is 11.4 Å². The molecule has 0 bridgehead atoms. The monoisotopic (exact) mass is 433 g/mol. The minimum Gasteiger partial charge on any atom is -0.497 e. The van der Waals surface area contributed by atoms with Crippen LogP contribution >= 0.6 is 0 Å². The van der Waals surface area contributed by atoms with Gasteiger partial charge in [0.05, 0.1) is 14.2 Å². The Morgan fingerprint density at radius 3 is 1.64 bits per heavy atom. The van der Waals surface area contributed by atoms with E-state index in [1.54, 1.807) is 14.2 Å². The molecule has 0 N–H and O–H groups in total. The van der Waals surface area contributed by atoms with Gasteiger partial charge >= 0.3 is 0 Å². The van der Waals surface area contributed by atoms with Crippen molar-refractivity contribution in [1.82, 2.24) is 4.57 Å². The number of methoxy groups -OCH3 is 2. The van der Waals surface area contributed by atoms with E-state index in [9.17, 15) is 0 Å². The first-order chi connectivity index (χ1) is 16.3. The average Bonchev–Trinajstić information content (AvgIpc) is 3.30. The predicted octanol–water partition coefficient (Wildman–Crippen LogP) is 6.11. The van der Waals surface area contributed by atoms with Gasteiger partial charge in [-0.15, -0.1) is 0 Å². The number of hydrogen-bond donors (Lipinski definition) is 0. The first kappa shape index (κ1) is 20.6. The van der Waals surface area contributed by atoms with E-state index in [0.717, 1.165) is 45.4 Å². The number of imidazole rings is 1. The van der Waals surface area contributed by atoms with Crippen LogP contribution in [0.25, 0.3) is 33.9 Å². The number of aromatic nitrogens is 2. The molecule has 5 aromatic rings. The molecule has 0 saturated carbocycles. The molecule has 33 heavy (non-hydrogen) atoms. The van der Waals surface area contributed by atoms with Gasteiger partial charge in [0, 0.05) is 11.1 Å². The van der Waals surface area contributed by atoms with Crippen LogP contribution < -0.4 is 14.0 Å². The summed E-state index contributed by atoms with van der Waals surface area (Å²) in [6.45, 7) is 0. The summed E-state index contributed by atoms with van der Waals surface area (Å²) in [6.07, 6.45) is 2.15. The third kappa shape index (κ3) is 3.99. The molecular formula is C29H25N2O2+. The second kappa shape index (κ2) is 9.05. The highest BCUT2D eigenvalue weighted by Gasteiger charge is 2.28. The third-order valence-electron chi connectivity index (χ3n) is 5.73. The standard InChI is InChI=1S/C29H25N2O2/c1-32-26-17-13-24(14-18-26)30-21-31(25-15-19-27(33-2)20-16-25)29(23-11-7-4-8-12-23)28(30)22-9-5-3-6-10-22/h3-21H,1-2H3/q+1. The first-order valence-electron chi connectivity index (χ1n) is 10.8. The van der Waals surface area contributed by atoms with Crippen molar-refractivity contribution in [2.45, 2.75) is 0 Å². The van der Waals surface area contributed by atoms with Crippen molar-refractivity contribution < 1.29 is 14.0 Å². The summed E-state index contributed by atoms with van der Waals surface area (Å²) in [5.41, 5.74) is 6.61. The highest BCUT2D eigenvalue weighted by molar-refractivity contribution is 5.78. The molecule has 1 heterocycles. The number of benzene rings is 4. The fourth-order valence-corrected chi connectivity index (χ4v) is 4.08. The SMILES string of the molecule is COc1ccc(-n2c[n+](-c3ccc(OC)cc3)c(-c3ccccc3)c2-c2ccccc2)cc1. The van der Waals surface area contributed by atoms with Gasteiger partial charge in [-0.05, 0) is 48.5 Å². The van der Waals surface area contributed by atoms with E-state index in [1.165, 1.54) is 0 Å². The molecule has 0 atom stereocenters. The van der Waals surface area contributed by atoms with Crippen molar-refractivity contribution in [3.05, 3.63) is 116 Å². The molecular weight excluding hydrogens is 408 g/mol. The number of hydrogen-bond acceptors (Lipinski definition) is 2. The minimum absolute atomic E-state index is 0.832. The molecule has 0 aliphatic carbocycles. The molecule has 4 nitrogen and oxygen atoms in total. The molecule has 1 aromatic heterocycles. The average molecular weight is 434 g/mol. The molecule has 0 radical (unpaired) electrons. The lowest BCUT2D eigenvalue weighted by molar-refractivity contribution is -0.583. The van der Waals surface area contributed by atoms with Gasteiger partial charge in [-0.25, -0.2) is 0 Å². The topological polar surface area (TPSA) is 27.3 Å². The molecule has 162 valence electrons. The molecule has 0 aliphatic heterocycles. The molecule has 0 spiro atoms. The first-order valence-corrected chi connectivity index (χ1v) is 10.8. The van der Waals surface area contributed by atoms with Crippen LogP contribution in [-0.4, -0.2) is 18.8 Å². The van der Waals surface area contributed by atoms with Crippen molar-refractivity contribution in [1.29, 1.82) is 0 Å². The fourth-order valence-electron chi connectivity index (χ4n) is 4.08. The van der Waals surface area contributed by atoms with Gasteiger partial charge in [-0.2, -0.15) is 9.13 Å². The summed E-state index contributed by atoms with van der Waals surface area (Å²) in [4.78, 5) is 0. The van der Waals surface area contributed by atoms with Crippen LogP contribution in [0.15, 0.2) is 116 Å². The fraction of sp³-hybridized carbons (Fsp3) is 0.0690. The van der Waals surface area contributed by atoms with E-state index < -0.39 is 0 Å². The van der Waals surface area contributed by atoms with E-state index >= 15 is 0 Å². The van der Waals surface area contributed by atoms with Crippen LogP contribution in [0.4, 0.5) is 0 Å². The van der Waals surface area contributed by atoms with Crippen molar-refractivity contribution in [2.75, 3.05) is 14.2 Å². The summed E-state index contributed by atoms with van der Waals surface area (Å²) in [5, 5.41) is 0. The summed E-state index contributed by atoms with van der Waals surface area (Å²) < 4.78 is 15.2. The van der Waals surface area contributed by atoms with E-state index in [0.29, 0.717) is 0 Å². The van der Waals surface area contributed by atoms with Crippen LogP contribution in [0, 0.1) is 0 Å². The molecule has 0 amide bonds. The Bertz CT molecular complexity index is 1240. The molecule has 0 saturated heterocycles. The summed E-state index contributed by atoms with van der Waals surface area (Å²) in [5.74, 6) is 1.66. The molecule has 0 aliphatic rings. The number of rotatable bonds is 6. The van der Waals surface area contributed by atoms with Crippen molar-refractivity contribution in [3.8, 4) is 45.4 Å². The Morgan fingerprint density at radius 1 is 0.576 bits per heavy atom. The van der Waals surface area contributed by atoms with E-state index in [-0.39, 0.29) is 0 Å². The summed E-state index contributed by atoms with van der Waals surface area (Å²) >= 11 is 0. The van der Waals surface area contributed by atoms with Crippen molar-refractivity contribution in [3.63, 3.8) is 0 Å². The maximum atomic E-state index is 5.38. The zero-order chi connectivity index (χ0) is 22.6. The van der Waals surface area contributed by atoms with E-state index in [2.05, 4.69) is 88.3 Å². The maximum absolute atomic E-state index is 5.38. The Balaban J connectivity index is 1.82. The molecule has 5 rings (SSSR count). The lowest BCUT2D eigenvalue weighted by Gasteiger charge is -2.07. The van der Waals surface area contributed by atoms with Gasteiger partial charge in [-0.1, -0.05) is 60.7 Å². The van der Waals surface area contributed by atoms with Gasteiger partial charge in [-0.3, -0.25) is 0 Å². The molecule has 4 aromatic carbocycles. The Kier molecular flexibility index (Phi) is 5.64. The Morgan fingerprint density at radius 2 is 1.09 bits per heavy atom. The largest absolute Gasteiger partial charge is 0.497 e. The number of ether oxygens (including phenoxy) is 2. The van der Waals surface area contributed by atoms with Gasteiger partial charge in [0.1, 0.15) is 22.9 Å². The molecule has 0 unspecified atom stereocenters. The third-order valence-corrected chi connectivity index (χ3v) is 5.73. The predicted molar refractivity (Wildman–Crippen MR) is 131 cm³/mol. The van der Waals surface area contributed by atoms with Gasteiger partial charge < -0.3 is 9.47 Å². The zero-order valence-corrected chi connectivity index (χ0v) is 18.7. The zero-order valence-electron chi connectivity index (χ0n) is 18.7. The van der Waals surface area contributed by atoms with Gasteiger partial charge in [0.2, 0.25) is 0 Å². The summed E-state index contributed by atoms with van der Waals surface area (Å²) in [7, 11) is 3.37. The highest BCUT2D eigenvalue weighted by atomic mass is 16.5. The highest BCUT2D eigenvalue weighted by Crippen LogP contribution is 2.33. The molecule has 4 heteroatoms. The molecule has 0 fully saturated rings. The summed E-state index contributed by atoms with van der Waals surface area (Å²) in [6, 6.07) is 37.3. The smallest absolute Gasteiger partial charge is 0.255 e. The van der Waals surface area contributed by atoms with E-state index in [4.69, 9.17) is 9.47 Å². The lowest BCUT2D eigenvalue weighted by Crippen LogP contribution is -2.30. The second-order valence-electron chi connectivity index (χ2n) is 7.68. The van der Waals surface area contributed by atoms with Crippen molar-refractivity contribution in [2.24, 2.45) is 0 Å². The quantitative estimate of drug-likeness (QED) is 0.302. The second-order valence-corrected chi connectivity index (χ2v) is 7.68. The normalized spacial score (nSPS) is 10.7. The van der Waals surface area contributed by atoms with Crippen LogP contribution in [0.5, 0.6) is 11.5 Å². The van der Waals surface area contributed by atoms with Crippen molar-refractivity contribution >= 4 is 0 Å². The Hall–Kier alpha value is -4.31.